The molecule has 0 saturated carbocycles. The summed E-state index contributed by atoms with van der Waals surface area (Å²) >= 11 is 0. The maximum Gasteiger partial charge on any atom is 0.320 e. The van der Waals surface area contributed by atoms with Crippen LogP contribution in [0.25, 0.3) is 0 Å². The zero-order valence-corrected chi connectivity index (χ0v) is 13.8. The molecule has 3 rings (SSSR count). The molecule has 3 nitrogen and oxygen atoms in total. The smallest absolute Gasteiger partial charge is 0.298 e. The molecule has 1 heterocycles. The number of carbonyl (C=O) groups excluding carboxylic acids is 1. The van der Waals surface area contributed by atoms with Gasteiger partial charge in [0.25, 0.3) is 0 Å². The van der Waals surface area contributed by atoms with E-state index in [-0.39, 0.29) is 10.4 Å². The Labute approximate surface area is 138 Å². The van der Waals surface area contributed by atoms with Crippen LogP contribution in [0.3, 0.4) is 0 Å². The third-order valence-corrected chi connectivity index (χ3v) is 4.88. The van der Waals surface area contributed by atoms with Crippen molar-refractivity contribution in [3.63, 3.8) is 0 Å². The van der Waals surface area contributed by atoms with Crippen molar-refractivity contribution < 1.29 is 4.79 Å². The molecule has 2 aromatic rings. The number of nitrogens with zero attached hydrogens (tertiary/aromatic N) is 2. The van der Waals surface area contributed by atoms with Crippen LogP contribution in [-0.2, 0) is 4.79 Å². The van der Waals surface area contributed by atoms with Gasteiger partial charge in [0.2, 0.25) is 0 Å². The van der Waals surface area contributed by atoms with E-state index >= 15 is 0 Å². The van der Waals surface area contributed by atoms with E-state index in [9.17, 15) is 4.79 Å². The van der Waals surface area contributed by atoms with E-state index in [1.807, 2.05) is 36.4 Å². The minimum absolute atomic E-state index is 0.168. The summed E-state index contributed by atoms with van der Waals surface area (Å²) in [6.07, 6.45) is 2.55. The van der Waals surface area contributed by atoms with Gasteiger partial charge in [-0.1, -0.05) is 36.4 Å². The van der Waals surface area contributed by atoms with Gasteiger partial charge in [0, 0.05) is 30.8 Å². The number of rotatable bonds is 5. The Hall–Kier alpha value is -1.97. The number of hydrogen-bond donors (Lipinski definition) is 0. The molecule has 1 saturated heterocycles. The highest BCUT2D eigenvalue weighted by atomic mass is 16.2. The number of likely N-dealkylation sites (tertiary alicyclic amines) is 1. The lowest BCUT2D eigenvalue weighted by Crippen LogP contribution is -2.52. The number of benzene rings is 2. The van der Waals surface area contributed by atoms with Gasteiger partial charge in [-0.25, -0.2) is 4.79 Å². The van der Waals surface area contributed by atoms with Crippen LogP contribution in [0.4, 0.5) is 11.4 Å². The molecule has 0 aliphatic carbocycles. The van der Waals surface area contributed by atoms with Gasteiger partial charge in [-0.15, -0.1) is 0 Å². The third-order valence-electron chi connectivity index (χ3n) is 4.88. The monoisotopic (exact) mass is 309 g/mol. The van der Waals surface area contributed by atoms with Crippen LogP contribution in [0, 0.1) is 0 Å². The second-order valence-corrected chi connectivity index (χ2v) is 6.27. The van der Waals surface area contributed by atoms with Crippen molar-refractivity contribution in [2.45, 2.75) is 19.8 Å². The molecule has 1 fully saturated rings. The normalized spacial score (nSPS) is 15.7. The van der Waals surface area contributed by atoms with Gasteiger partial charge in [0.15, 0.2) is 0 Å². The van der Waals surface area contributed by atoms with Crippen LogP contribution in [0.1, 0.15) is 19.8 Å². The van der Waals surface area contributed by atoms with Crippen LogP contribution >= 0.6 is 0 Å². The number of amides is 1. The molecule has 23 heavy (non-hydrogen) atoms. The van der Waals surface area contributed by atoms with Crippen LogP contribution in [0.15, 0.2) is 60.7 Å². The van der Waals surface area contributed by atoms with Crippen molar-refractivity contribution in [3.8, 4) is 0 Å². The minimum Gasteiger partial charge on any atom is -0.298 e. The van der Waals surface area contributed by atoms with E-state index in [1.54, 1.807) is 6.92 Å². The Morgan fingerprint density at radius 3 is 1.83 bits per heavy atom. The molecule has 1 aliphatic rings. The molecule has 0 unspecified atom stereocenters. The van der Waals surface area contributed by atoms with Crippen LogP contribution in [-0.4, -0.2) is 37.0 Å². The van der Waals surface area contributed by atoms with Crippen LogP contribution < -0.4 is 4.48 Å². The lowest BCUT2D eigenvalue weighted by molar-refractivity contribution is -0.125. The molecule has 3 heteroatoms. The molecule has 2 aromatic carbocycles. The fraction of sp³-hybridized carbons (Fsp3) is 0.350. The first-order chi connectivity index (χ1) is 11.2. The number of para-hydroxylation sites is 2. The highest BCUT2D eigenvalue weighted by Gasteiger charge is 2.39. The molecule has 1 aliphatic heterocycles. The lowest BCUT2D eigenvalue weighted by atomic mass is 10.1. The maximum atomic E-state index is 12.8. The SMILES string of the molecule is CC(=O)[N+](CCN1CCCC1)(c1ccccc1)c1ccccc1. The largest absolute Gasteiger partial charge is 0.320 e. The van der Waals surface area contributed by atoms with Crippen LogP contribution in [0.2, 0.25) is 0 Å². The molecule has 0 radical (unpaired) electrons. The Kier molecular flexibility index (Phi) is 4.89. The topological polar surface area (TPSA) is 20.3 Å². The van der Waals surface area contributed by atoms with Crippen molar-refractivity contribution in [2.75, 3.05) is 26.2 Å². The average molecular weight is 309 g/mol. The average Bonchev–Trinajstić information content (AvgIpc) is 3.11. The quantitative estimate of drug-likeness (QED) is 0.779. The predicted molar refractivity (Wildman–Crippen MR) is 95.6 cm³/mol. The van der Waals surface area contributed by atoms with E-state index in [1.165, 1.54) is 12.8 Å². The van der Waals surface area contributed by atoms with Gasteiger partial charge >= 0.3 is 5.91 Å². The highest BCUT2D eigenvalue weighted by molar-refractivity contribution is 5.93. The summed E-state index contributed by atoms with van der Waals surface area (Å²) in [4.78, 5) is 15.3. The van der Waals surface area contributed by atoms with Gasteiger partial charge < -0.3 is 0 Å². The van der Waals surface area contributed by atoms with Gasteiger partial charge in [-0.05, 0) is 25.9 Å². The molecule has 0 bridgehead atoms. The fourth-order valence-electron chi connectivity index (χ4n) is 3.59. The fourth-order valence-corrected chi connectivity index (χ4v) is 3.59. The summed E-state index contributed by atoms with van der Waals surface area (Å²) in [6.45, 7) is 5.75. The Bertz CT molecular complexity index is 594. The van der Waals surface area contributed by atoms with E-state index in [0.717, 1.165) is 37.6 Å². The molecular formula is C20H25N2O+. The predicted octanol–water partition coefficient (Wildman–Crippen LogP) is 3.97. The summed E-state index contributed by atoms with van der Waals surface area (Å²) < 4.78 is 0.290. The first kappa shape index (κ1) is 15.9. The second kappa shape index (κ2) is 7.07. The first-order valence-electron chi connectivity index (χ1n) is 8.46. The Balaban J connectivity index is 2.01. The zero-order valence-electron chi connectivity index (χ0n) is 13.8. The van der Waals surface area contributed by atoms with E-state index < -0.39 is 0 Å². The van der Waals surface area contributed by atoms with Crippen molar-refractivity contribution >= 4 is 17.3 Å². The Morgan fingerprint density at radius 1 is 0.913 bits per heavy atom. The van der Waals surface area contributed by atoms with Crippen molar-refractivity contribution in [1.82, 2.24) is 9.38 Å². The minimum atomic E-state index is 0.168. The second-order valence-electron chi connectivity index (χ2n) is 6.27. The highest BCUT2D eigenvalue weighted by Crippen LogP contribution is 2.35. The van der Waals surface area contributed by atoms with Crippen molar-refractivity contribution in [2.24, 2.45) is 0 Å². The summed E-state index contributed by atoms with van der Waals surface area (Å²) in [6, 6.07) is 20.4. The third kappa shape index (κ3) is 3.21. The lowest BCUT2D eigenvalue weighted by Gasteiger charge is -2.35. The summed E-state index contributed by atoms with van der Waals surface area (Å²) in [5.41, 5.74) is 2.09. The number of hydrogen-bond acceptors (Lipinski definition) is 2. The van der Waals surface area contributed by atoms with E-state index in [4.69, 9.17) is 0 Å². The Morgan fingerprint density at radius 2 is 1.39 bits per heavy atom. The zero-order chi connectivity index (χ0) is 16.1. The number of quaternary nitrogens is 1. The number of carbonyl (C=O) groups is 1. The molecule has 120 valence electrons. The summed E-state index contributed by atoms with van der Waals surface area (Å²) in [5, 5.41) is 0. The van der Waals surface area contributed by atoms with Gasteiger partial charge in [-0.3, -0.25) is 4.90 Å². The van der Waals surface area contributed by atoms with Gasteiger partial charge in [0.05, 0.1) is 6.92 Å². The molecular weight excluding hydrogens is 284 g/mol. The van der Waals surface area contributed by atoms with Crippen LogP contribution in [0.5, 0.6) is 0 Å². The molecule has 1 amide bonds. The molecule has 0 aromatic heterocycles. The molecule has 0 spiro atoms. The van der Waals surface area contributed by atoms with Crippen molar-refractivity contribution in [1.29, 1.82) is 0 Å². The van der Waals surface area contributed by atoms with E-state index in [0.29, 0.717) is 0 Å². The molecule has 0 N–H and O–H groups in total. The van der Waals surface area contributed by atoms with Gasteiger partial charge in [0.1, 0.15) is 17.9 Å². The van der Waals surface area contributed by atoms with Crippen molar-refractivity contribution in [3.05, 3.63) is 60.7 Å². The summed E-state index contributed by atoms with van der Waals surface area (Å²) in [5.74, 6) is 0.168. The molecule has 0 atom stereocenters. The summed E-state index contributed by atoms with van der Waals surface area (Å²) in [7, 11) is 0. The maximum absolute atomic E-state index is 12.8. The van der Waals surface area contributed by atoms with E-state index in [2.05, 4.69) is 29.2 Å². The first-order valence-corrected chi connectivity index (χ1v) is 8.46. The standard InChI is InChI=1S/C20H25N2O/c1-18(23)22(19-10-4-2-5-11-19,20-12-6-3-7-13-20)17-16-21-14-8-9-15-21/h2-7,10-13H,8-9,14-17H2,1H3/q+1. The van der Waals surface area contributed by atoms with Gasteiger partial charge in [-0.2, -0.15) is 4.48 Å².